The van der Waals surface area contributed by atoms with Gasteiger partial charge in [-0.25, -0.2) is 0 Å². The maximum atomic E-state index is 12.0. The van der Waals surface area contributed by atoms with Crippen molar-refractivity contribution in [2.75, 3.05) is 6.54 Å². The lowest BCUT2D eigenvalue weighted by Gasteiger charge is -2.02. The van der Waals surface area contributed by atoms with Gasteiger partial charge in [-0.3, -0.25) is 9.59 Å². The molecule has 1 amide bonds. The van der Waals surface area contributed by atoms with Gasteiger partial charge in [0.25, 0.3) is 5.91 Å². The summed E-state index contributed by atoms with van der Waals surface area (Å²) in [7, 11) is 0. The normalized spacial score (nSPS) is 10.6. The van der Waals surface area contributed by atoms with E-state index >= 15 is 0 Å². The van der Waals surface area contributed by atoms with Crippen LogP contribution in [0.4, 0.5) is 0 Å². The van der Waals surface area contributed by atoms with E-state index < -0.39 is 0 Å². The number of Topliss-reactive ketones (excluding diaryl/α,β-unsaturated/α-hetero) is 1. The number of thiophene rings is 2. The van der Waals surface area contributed by atoms with Crippen LogP contribution in [0.15, 0.2) is 47.8 Å². The van der Waals surface area contributed by atoms with Crippen molar-refractivity contribution in [1.82, 2.24) is 5.32 Å². The number of hydrogen-bond acceptors (Lipinski definition) is 4. The lowest BCUT2D eigenvalue weighted by atomic mass is 10.1. The highest BCUT2D eigenvalue weighted by molar-refractivity contribution is 7.27. The third kappa shape index (κ3) is 2.64. The lowest BCUT2D eigenvalue weighted by Crippen LogP contribution is -2.28. The number of fused-ring (bicyclic) bond motifs is 1. The highest BCUT2D eigenvalue weighted by Crippen LogP contribution is 2.29. The molecule has 100 valence electrons. The molecule has 0 aliphatic rings. The van der Waals surface area contributed by atoms with E-state index in [-0.39, 0.29) is 18.2 Å². The molecule has 2 heterocycles. The number of ketones is 1. The maximum Gasteiger partial charge on any atom is 0.261 e. The molecule has 0 radical (unpaired) electrons. The third-order valence-electron chi connectivity index (χ3n) is 2.87. The van der Waals surface area contributed by atoms with Crippen LogP contribution in [0.2, 0.25) is 0 Å². The summed E-state index contributed by atoms with van der Waals surface area (Å²) in [5, 5.41) is 4.68. The second-order valence-corrected chi connectivity index (χ2v) is 6.26. The molecule has 5 heteroatoms. The van der Waals surface area contributed by atoms with Crippen molar-refractivity contribution in [3.05, 3.63) is 58.3 Å². The Morgan fingerprint density at radius 1 is 1.05 bits per heavy atom. The first-order chi connectivity index (χ1) is 9.74. The quantitative estimate of drug-likeness (QED) is 0.749. The van der Waals surface area contributed by atoms with E-state index in [0.29, 0.717) is 10.4 Å². The molecule has 0 spiro atoms. The molecule has 0 saturated heterocycles. The second kappa shape index (κ2) is 5.56. The van der Waals surface area contributed by atoms with Crippen molar-refractivity contribution in [2.24, 2.45) is 0 Å². The van der Waals surface area contributed by atoms with E-state index in [1.807, 2.05) is 35.7 Å². The van der Waals surface area contributed by atoms with Gasteiger partial charge >= 0.3 is 0 Å². The summed E-state index contributed by atoms with van der Waals surface area (Å²) in [6, 6.07) is 12.8. The summed E-state index contributed by atoms with van der Waals surface area (Å²) < 4.78 is 2.21. The average molecular weight is 301 g/mol. The number of amides is 1. The van der Waals surface area contributed by atoms with Crippen LogP contribution in [0, 0.1) is 0 Å². The molecular weight excluding hydrogens is 290 g/mol. The molecule has 1 N–H and O–H groups in total. The van der Waals surface area contributed by atoms with Gasteiger partial charge in [0.2, 0.25) is 0 Å². The zero-order chi connectivity index (χ0) is 13.9. The Morgan fingerprint density at radius 3 is 2.60 bits per heavy atom. The van der Waals surface area contributed by atoms with Gasteiger partial charge in [-0.1, -0.05) is 30.3 Å². The molecule has 3 nitrogen and oxygen atoms in total. The number of carbonyl (C=O) groups is 2. The Balaban J connectivity index is 1.65. The Labute approximate surface area is 123 Å². The maximum absolute atomic E-state index is 12.0. The molecule has 0 aliphatic carbocycles. The van der Waals surface area contributed by atoms with Gasteiger partial charge in [-0.2, -0.15) is 0 Å². The predicted octanol–water partition coefficient (Wildman–Crippen LogP) is 3.58. The van der Waals surface area contributed by atoms with Crippen LogP contribution in [-0.2, 0) is 0 Å². The van der Waals surface area contributed by atoms with Crippen molar-refractivity contribution in [3.63, 3.8) is 0 Å². The molecular formula is C15H11NO2S2. The third-order valence-corrected chi connectivity index (χ3v) is 4.96. The summed E-state index contributed by atoms with van der Waals surface area (Å²) in [5.74, 6) is -0.278. The summed E-state index contributed by atoms with van der Waals surface area (Å²) in [6.07, 6.45) is 0. The van der Waals surface area contributed by atoms with E-state index in [9.17, 15) is 9.59 Å². The fraction of sp³-hybridized carbons (Fsp3) is 0.0667. The number of hydrogen-bond donors (Lipinski definition) is 1. The van der Waals surface area contributed by atoms with Crippen molar-refractivity contribution in [2.45, 2.75) is 0 Å². The van der Waals surface area contributed by atoms with Gasteiger partial charge in [0.05, 0.1) is 11.4 Å². The monoisotopic (exact) mass is 301 g/mol. The summed E-state index contributed by atoms with van der Waals surface area (Å²) in [4.78, 5) is 24.5. The van der Waals surface area contributed by atoms with Crippen LogP contribution in [0.3, 0.4) is 0 Å². The highest BCUT2D eigenvalue weighted by Gasteiger charge is 2.12. The van der Waals surface area contributed by atoms with E-state index in [1.165, 1.54) is 11.3 Å². The van der Waals surface area contributed by atoms with Gasteiger partial charge in [0.1, 0.15) is 0 Å². The molecule has 0 unspecified atom stereocenters. The van der Waals surface area contributed by atoms with Crippen LogP contribution in [0.5, 0.6) is 0 Å². The number of carbonyl (C=O) groups excluding carboxylic acids is 2. The fourth-order valence-corrected chi connectivity index (χ4v) is 3.88. The molecule has 2 aromatic heterocycles. The summed E-state index contributed by atoms with van der Waals surface area (Å²) >= 11 is 3.06. The first-order valence-electron chi connectivity index (χ1n) is 6.07. The van der Waals surface area contributed by atoms with Crippen LogP contribution in [-0.4, -0.2) is 18.2 Å². The molecule has 3 rings (SSSR count). The average Bonchev–Trinajstić information content (AvgIpc) is 3.06. The molecule has 1 aromatic carbocycles. The van der Waals surface area contributed by atoms with Crippen molar-refractivity contribution < 1.29 is 9.59 Å². The zero-order valence-corrected chi connectivity index (χ0v) is 12.1. The second-order valence-electron chi connectivity index (χ2n) is 4.23. The Bertz CT molecular complexity index is 730. The standard InChI is InChI=1S/C15H11NO2S2/c17-11(10-4-2-1-3-5-10)9-16-15(18)14-8-13-12(20-14)6-7-19-13/h1-8H,9H2,(H,16,18). The van der Waals surface area contributed by atoms with Gasteiger partial charge < -0.3 is 5.32 Å². The molecule has 0 atom stereocenters. The first-order valence-corrected chi connectivity index (χ1v) is 7.77. The smallest absolute Gasteiger partial charge is 0.261 e. The van der Waals surface area contributed by atoms with E-state index in [1.54, 1.807) is 23.5 Å². The van der Waals surface area contributed by atoms with Gasteiger partial charge in [0, 0.05) is 15.0 Å². The van der Waals surface area contributed by atoms with E-state index in [0.717, 1.165) is 9.40 Å². The first kappa shape index (κ1) is 13.0. The number of benzene rings is 1. The van der Waals surface area contributed by atoms with Crippen molar-refractivity contribution in [3.8, 4) is 0 Å². The minimum Gasteiger partial charge on any atom is -0.344 e. The zero-order valence-electron chi connectivity index (χ0n) is 10.5. The Kier molecular flexibility index (Phi) is 3.62. The molecule has 20 heavy (non-hydrogen) atoms. The van der Waals surface area contributed by atoms with Crippen molar-refractivity contribution >= 4 is 43.8 Å². The summed E-state index contributed by atoms with van der Waals surface area (Å²) in [6.45, 7) is 0.0222. The van der Waals surface area contributed by atoms with Crippen molar-refractivity contribution in [1.29, 1.82) is 0 Å². The minimum atomic E-state index is -0.192. The molecule has 0 fully saturated rings. The van der Waals surface area contributed by atoms with E-state index in [2.05, 4.69) is 5.32 Å². The topological polar surface area (TPSA) is 46.2 Å². The van der Waals surface area contributed by atoms with Gasteiger partial charge in [-0.15, -0.1) is 22.7 Å². The van der Waals surface area contributed by atoms with Gasteiger partial charge in [-0.05, 0) is 17.5 Å². The Morgan fingerprint density at radius 2 is 1.85 bits per heavy atom. The molecule has 0 aliphatic heterocycles. The van der Waals surface area contributed by atoms with Crippen LogP contribution in [0.1, 0.15) is 20.0 Å². The largest absolute Gasteiger partial charge is 0.344 e. The minimum absolute atomic E-state index is 0.0222. The predicted molar refractivity (Wildman–Crippen MR) is 82.8 cm³/mol. The highest BCUT2D eigenvalue weighted by atomic mass is 32.1. The lowest BCUT2D eigenvalue weighted by molar-refractivity contribution is 0.0907. The Hall–Kier alpha value is -1.98. The SMILES string of the molecule is O=C(CNC(=O)c1cc2sccc2s1)c1ccccc1. The van der Waals surface area contributed by atoms with Crippen LogP contribution < -0.4 is 5.32 Å². The summed E-state index contributed by atoms with van der Waals surface area (Å²) in [5.41, 5.74) is 0.611. The molecule has 0 saturated carbocycles. The number of rotatable bonds is 4. The molecule has 0 bridgehead atoms. The van der Waals surface area contributed by atoms with E-state index in [4.69, 9.17) is 0 Å². The fourth-order valence-electron chi connectivity index (χ4n) is 1.85. The van der Waals surface area contributed by atoms with Gasteiger partial charge in [0.15, 0.2) is 5.78 Å². The van der Waals surface area contributed by atoms with Crippen LogP contribution in [0.25, 0.3) is 9.40 Å². The molecule has 3 aromatic rings. The van der Waals surface area contributed by atoms with Crippen LogP contribution >= 0.6 is 22.7 Å². The number of nitrogens with one attached hydrogen (secondary N) is 1.